The first-order valence-corrected chi connectivity index (χ1v) is 9.50. The summed E-state index contributed by atoms with van der Waals surface area (Å²) in [5.74, 6) is -0.425. The van der Waals surface area contributed by atoms with Crippen LogP contribution in [-0.4, -0.2) is 27.1 Å². The van der Waals surface area contributed by atoms with Crippen LogP contribution in [0.5, 0.6) is 0 Å². The van der Waals surface area contributed by atoms with Crippen molar-refractivity contribution in [2.45, 2.75) is 13.8 Å². The number of benzene rings is 2. The van der Waals surface area contributed by atoms with Crippen LogP contribution >= 0.6 is 11.6 Å². The van der Waals surface area contributed by atoms with Crippen LogP contribution in [0.3, 0.4) is 0 Å². The van der Waals surface area contributed by atoms with Gasteiger partial charge < -0.3 is 5.32 Å². The molecule has 0 fully saturated rings. The Morgan fingerprint density at radius 3 is 2.38 bits per heavy atom. The maximum atomic E-state index is 12.3. The van der Waals surface area contributed by atoms with Crippen molar-refractivity contribution in [3.8, 4) is 0 Å². The highest BCUT2D eigenvalue weighted by Gasteiger charge is 2.21. The van der Waals surface area contributed by atoms with Crippen molar-refractivity contribution in [3.63, 3.8) is 0 Å². The van der Waals surface area contributed by atoms with Crippen molar-refractivity contribution in [2.24, 2.45) is 0 Å². The number of halogens is 1. The molecule has 128 valence electrons. The molecule has 0 unspecified atom stereocenters. The fourth-order valence-electron chi connectivity index (χ4n) is 2.17. The van der Waals surface area contributed by atoms with E-state index in [0.717, 1.165) is 21.7 Å². The smallest absolute Gasteiger partial charge is 0.245 e. The van der Waals surface area contributed by atoms with Crippen molar-refractivity contribution >= 4 is 38.9 Å². The van der Waals surface area contributed by atoms with E-state index >= 15 is 0 Å². The van der Waals surface area contributed by atoms with Crippen LogP contribution in [0.15, 0.2) is 42.5 Å². The zero-order chi connectivity index (χ0) is 17.9. The second-order valence-corrected chi connectivity index (χ2v) is 7.88. The molecule has 0 saturated carbocycles. The van der Waals surface area contributed by atoms with Gasteiger partial charge in [-0.05, 0) is 43.2 Å². The van der Waals surface area contributed by atoms with Gasteiger partial charge in [0.1, 0.15) is 6.54 Å². The van der Waals surface area contributed by atoms with E-state index in [4.69, 9.17) is 11.6 Å². The highest BCUT2D eigenvalue weighted by atomic mass is 35.5. The van der Waals surface area contributed by atoms with E-state index in [1.54, 1.807) is 30.3 Å². The lowest BCUT2D eigenvalue weighted by Crippen LogP contribution is -2.37. The number of amides is 1. The molecule has 2 aromatic rings. The van der Waals surface area contributed by atoms with Crippen LogP contribution in [0, 0.1) is 13.8 Å². The second-order valence-electron chi connectivity index (χ2n) is 5.57. The zero-order valence-corrected chi connectivity index (χ0v) is 15.3. The number of rotatable bonds is 5. The lowest BCUT2D eigenvalue weighted by atomic mass is 10.2. The monoisotopic (exact) mass is 366 g/mol. The summed E-state index contributed by atoms with van der Waals surface area (Å²) in [4.78, 5) is 12.3. The van der Waals surface area contributed by atoms with Crippen molar-refractivity contribution in [1.29, 1.82) is 0 Å². The minimum absolute atomic E-state index is 0.327. The normalized spacial score (nSPS) is 11.2. The number of para-hydroxylation sites is 1. The summed E-state index contributed by atoms with van der Waals surface area (Å²) in [7, 11) is -3.63. The molecule has 1 N–H and O–H groups in total. The average molecular weight is 367 g/mol. The summed E-state index contributed by atoms with van der Waals surface area (Å²) in [5.41, 5.74) is 2.74. The van der Waals surface area contributed by atoms with Gasteiger partial charge in [-0.3, -0.25) is 9.10 Å². The zero-order valence-electron chi connectivity index (χ0n) is 13.7. The largest absolute Gasteiger partial charge is 0.324 e. The molecule has 1 amide bonds. The number of hydrogen-bond donors (Lipinski definition) is 1. The first kappa shape index (κ1) is 18.3. The van der Waals surface area contributed by atoms with E-state index in [1.807, 2.05) is 26.0 Å². The predicted octanol–water partition coefficient (Wildman–Crippen LogP) is 3.36. The Morgan fingerprint density at radius 1 is 1.12 bits per heavy atom. The number of nitrogens with zero attached hydrogens (tertiary/aromatic N) is 1. The molecule has 0 aromatic heterocycles. The Labute approximate surface area is 147 Å². The lowest BCUT2D eigenvalue weighted by molar-refractivity contribution is -0.114. The fraction of sp³-hybridized carbons (Fsp3) is 0.235. The van der Waals surface area contributed by atoms with Gasteiger partial charge in [0.05, 0.1) is 11.9 Å². The highest BCUT2D eigenvalue weighted by molar-refractivity contribution is 7.92. The first-order valence-electron chi connectivity index (χ1n) is 7.28. The maximum Gasteiger partial charge on any atom is 0.245 e. The van der Waals surface area contributed by atoms with Gasteiger partial charge in [0.2, 0.25) is 15.9 Å². The molecular formula is C17H19ClN2O3S. The summed E-state index contributed by atoms with van der Waals surface area (Å²) in [5, 5.41) is 3.18. The molecule has 2 rings (SSSR count). The third kappa shape index (κ3) is 4.49. The average Bonchev–Trinajstić information content (AvgIpc) is 2.49. The Kier molecular flexibility index (Phi) is 5.51. The molecule has 2 aromatic carbocycles. The second kappa shape index (κ2) is 7.23. The van der Waals surface area contributed by atoms with Crippen LogP contribution in [0.2, 0.25) is 5.02 Å². The van der Waals surface area contributed by atoms with Crippen molar-refractivity contribution < 1.29 is 13.2 Å². The van der Waals surface area contributed by atoms with E-state index in [1.165, 1.54) is 0 Å². The van der Waals surface area contributed by atoms with Gasteiger partial charge in [0.25, 0.3) is 0 Å². The number of sulfonamides is 1. The standard InChI is InChI=1S/C17H19ClN2O3S/c1-12-8-9-14(10-15(12)18)20(24(3,22)23)11-17(21)19-16-7-5-4-6-13(16)2/h4-10H,11H2,1-3H3,(H,19,21). The number of aryl methyl sites for hydroxylation is 2. The van der Waals surface area contributed by atoms with Gasteiger partial charge in [-0.2, -0.15) is 0 Å². The summed E-state index contributed by atoms with van der Waals surface area (Å²) in [6, 6.07) is 12.2. The van der Waals surface area contributed by atoms with Gasteiger partial charge in [0, 0.05) is 10.7 Å². The van der Waals surface area contributed by atoms with Crippen LogP contribution < -0.4 is 9.62 Å². The summed E-state index contributed by atoms with van der Waals surface area (Å²) >= 11 is 6.07. The minimum atomic E-state index is -3.63. The van der Waals surface area contributed by atoms with Crippen LogP contribution in [0.1, 0.15) is 11.1 Å². The molecule has 0 atom stereocenters. The van der Waals surface area contributed by atoms with E-state index < -0.39 is 15.9 Å². The molecule has 0 bridgehead atoms. The number of hydrogen-bond acceptors (Lipinski definition) is 3. The Balaban J connectivity index is 2.25. The molecule has 0 aliphatic carbocycles. The van der Waals surface area contributed by atoms with Gasteiger partial charge >= 0.3 is 0 Å². The van der Waals surface area contributed by atoms with E-state index in [0.29, 0.717) is 16.4 Å². The molecule has 5 nitrogen and oxygen atoms in total. The first-order chi connectivity index (χ1) is 11.2. The SMILES string of the molecule is Cc1ccc(N(CC(=O)Nc2ccccc2C)S(C)(=O)=O)cc1Cl. The third-order valence-electron chi connectivity index (χ3n) is 3.55. The number of anilines is 2. The van der Waals surface area contributed by atoms with E-state index in [9.17, 15) is 13.2 Å². The van der Waals surface area contributed by atoms with Gasteiger partial charge in [-0.15, -0.1) is 0 Å². The van der Waals surface area contributed by atoms with Crippen molar-refractivity contribution in [3.05, 3.63) is 58.6 Å². The molecule has 0 saturated heterocycles. The molecule has 0 aliphatic rings. The van der Waals surface area contributed by atoms with Crippen LogP contribution in [0.4, 0.5) is 11.4 Å². The maximum absolute atomic E-state index is 12.3. The lowest BCUT2D eigenvalue weighted by Gasteiger charge is -2.22. The number of carbonyl (C=O) groups excluding carboxylic acids is 1. The van der Waals surface area contributed by atoms with Gasteiger partial charge in [0.15, 0.2) is 0 Å². The minimum Gasteiger partial charge on any atom is -0.324 e. The Bertz CT molecular complexity index is 866. The molecule has 0 aliphatic heterocycles. The summed E-state index contributed by atoms with van der Waals surface area (Å²) < 4.78 is 25.2. The van der Waals surface area contributed by atoms with Gasteiger partial charge in [-0.1, -0.05) is 35.9 Å². The molecular weight excluding hydrogens is 348 g/mol. The molecule has 0 heterocycles. The topological polar surface area (TPSA) is 66.5 Å². The number of nitrogens with one attached hydrogen (secondary N) is 1. The summed E-state index contributed by atoms with van der Waals surface area (Å²) in [6.07, 6.45) is 1.06. The molecule has 7 heteroatoms. The fourth-order valence-corrected chi connectivity index (χ4v) is 3.19. The Morgan fingerprint density at radius 2 is 1.79 bits per heavy atom. The van der Waals surface area contributed by atoms with E-state index in [2.05, 4.69) is 5.32 Å². The Hall–Kier alpha value is -2.05. The number of carbonyl (C=O) groups is 1. The van der Waals surface area contributed by atoms with Crippen molar-refractivity contribution in [1.82, 2.24) is 0 Å². The molecule has 0 spiro atoms. The third-order valence-corrected chi connectivity index (χ3v) is 5.10. The highest BCUT2D eigenvalue weighted by Crippen LogP contribution is 2.25. The summed E-state index contributed by atoms with van der Waals surface area (Å²) in [6.45, 7) is 3.36. The van der Waals surface area contributed by atoms with Crippen LogP contribution in [0.25, 0.3) is 0 Å². The van der Waals surface area contributed by atoms with Crippen LogP contribution in [-0.2, 0) is 14.8 Å². The molecule has 0 radical (unpaired) electrons. The predicted molar refractivity (Wildman–Crippen MR) is 98.2 cm³/mol. The quantitative estimate of drug-likeness (QED) is 0.882. The van der Waals surface area contributed by atoms with E-state index in [-0.39, 0.29) is 6.54 Å². The van der Waals surface area contributed by atoms with Crippen molar-refractivity contribution in [2.75, 3.05) is 22.4 Å². The van der Waals surface area contributed by atoms with Gasteiger partial charge in [-0.25, -0.2) is 8.42 Å². The molecule has 24 heavy (non-hydrogen) atoms.